The van der Waals surface area contributed by atoms with Gasteiger partial charge in [0.1, 0.15) is 5.75 Å². The zero-order valence-corrected chi connectivity index (χ0v) is 15.9. The minimum Gasteiger partial charge on any atom is -0.481 e. The Labute approximate surface area is 151 Å². The van der Waals surface area contributed by atoms with E-state index in [2.05, 4.69) is 50.4 Å². The van der Waals surface area contributed by atoms with Crippen LogP contribution in [0.25, 0.3) is 0 Å². The third-order valence-electron chi connectivity index (χ3n) is 4.42. The lowest BCUT2D eigenvalue weighted by Gasteiger charge is -2.20. The molecule has 0 aromatic heterocycles. The van der Waals surface area contributed by atoms with Crippen molar-refractivity contribution in [3.05, 3.63) is 65.2 Å². The first kappa shape index (κ1) is 19.0. The molecule has 0 aliphatic heterocycles. The molecule has 2 rings (SSSR count). The summed E-state index contributed by atoms with van der Waals surface area (Å²) < 4.78 is 5.98. The molecule has 2 aromatic carbocycles. The number of benzene rings is 2. The predicted octanol–water partition coefficient (Wildman–Crippen LogP) is 4.81. The van der Waals surface area contributed by atoms with Crippen molar-refractivity contribution >= 4 is 5.91 Å². The average Bonchev–Trinajstić information content (AvgIpc) is 2.59. The van der Waals surface area contributed by atoms with Gasteiger partial charge in [0, 0.05) is 6.54 Å². The van der Waals surface area contributed by atoms with E-state index in [0.29, 0.717) is 12.5 Å². The number of aryl methyl sites for hydroxylation is 1. The van der Waals surface area contributed by atoms with Gasteiger partial charge in [-0.25, -0.2) is 0 Å². The zero-order chi connectivity index (χ0) is 18.4. The molecular weight excluding hydrogens is 310 g/mol. The summed E-state index contributed by atoms with van der Waals surface area (Å²) in [4.78, 5) is 12.4. The summed E-state index contributed by atoms with van der Waals surface area (Å²) in [5, 5.41) is 3.00. The Morgan fingerprint density at radius 2 is 1.72 bits per heavy atom. The number of amides is 1. The fourth-order valence-electron chi connectivity index (χ4n) is 2.76. The van der Waals surface area contributed by atoms with Crippen LogP contribution in [0.3, 0.4) is 0 Å². The molecule has 1 N–H and O–H groups in total. The van der Waals surface area contributed by atoms with Gasteiger partial charge < -0.3 is 10.1 Å². The van der Waals surface area contributed by atoms with Crippen molar-refractivity contribution in [2.24, 2.45) is 0 Å². The molecule has 0 aliphatic rings. The Bertz CT molecular complexity index is 694. The van der Waals surface area contributed by atoms with Crippen molar-refractivity contribution in [2.75, 3.05) is 6.54 Å². The summed E-state index contributed by atoms with van der Waals surface area (Å²) >= 11 is 0. The van der Waals surface area contributed by atoms with Crippen molar-refractivity contribution in [3.63, 3.8) is 0 Å². The van der Waals surface area contributed by atoms with E-state index in [4.69, 9.17) is 4.74 Å². The number of carbonyl (C=O) groups excluding carboxylic acids is 1. The van der Waals surface area contributed by atoms with Gasteiger partial charge >= 0.3 is 0 Å². The van der Waals surface area contributed by atoms with Gasteiger partial charge in [-0.2, -0.15) is 0 Å². The van der Waals surface area contributed by atoms with Crippen LogP contribution < -0.4 is 10.1 Å². The van der Waals surface area contributed by atoms with Gasteiger partial charge in [-0.1, -0.05) is 63.2 Å². The maximum atomic E-state index is 12.4. The molecule has 1 amide bonds. The van der Waals surface area contributed by atoms with Crippen molar-refractivity contribution in [3.8, 4) is 5.75 Å². The summed E-state index contributed by atoms with van der Waals surface area (Å²) in [5.41, 5.74) is 3.48. The zero-order valence-electron chi connectivity index (χ0n) is 15.9. The maximum Gasteiger partial charge on any atom is 0.260 e. The number of hydrogen-bond donors (Lipinski definition) is 1. The van der Waals surface area contributed by atoms with Crippen LogP contribution in [-0.2, 0) is 4.79 Å². The summed E-state index contributed by atoms with van der Waals surface area (Å²) in [7, 11) is 0. The fourth-order valence-corrected chi connectivity index (χ4v) is 2.76. The van der Waals surface area contributed by atoms with Gasteiger partial charge in [0.05, 0.1) is 0 Å². The molecule has 25 heavy (non-hydrogen) atoms. The highest BCUT2D eigenvalue weighted by atomic mass is 16.5. The van der Waals surface area contributed by atoms with Crippen LogP contribution >= 0.6 is 0 Å². The van der Waals surface area contributed by atoms with E-state index in [-0.39, 0.29) is 11.8 Å². The summed E-state index contributed by atoms with van der Waals surface area (Å²) in [6.07, 6.45) is -0.526. The number of ether oxygens (including phenoxy) is 1. The normalized spacial score (nSPS) is 13.4. The second-order valence-electron chi connectivity index (χ2n) is 7.01. The van der Waals surface area contributed by atoms with Crippen LogP contribution in [0.1, 0.15) is 56.2 Å². The fraction of sp³-hybridized carbons (Fsp3) is 0.409. The molecule has 0 saturated heterocycles. The van der Waals surface area contributed by atoms with Crippen LogP contribution in [0, 0.1) is 6.92 Å². The van der Waals surface area contributed by atoms with Crippen LogP contribution in [0.2, 0.25) is 0 Å². The second-order valence-corrected chi connectivity index (χ2v) is 7.01. The van der Waals surface area contributed by atoms with Gasteiger partial charge in [0.2, 0.25) is 0 Å². The lowest BCUT2D eigenvalue weighted by molar-refractivity contribution is -0.127. The monoisotopic (exact) mass is 339 g/mol. The minimum atomic E-state index is -0.526. The topological polar surface area (TPSA) is 38.3 Å². The van der Waals surface area contributed by atoms with E-state index < -0.39 is 6.10 Å². The number of hydrogen-bond acceptors (Lipinski definition) is 2. The lowest BCUT2D eigenvalue weighted by Crippen LogP contribution is -2.38. The van der Waals surface area contributed by atoms with Gasteiger partial charge in [-0.3, -0.25) is 4.79 Å². The number of nitrogens with one attached hydrogen (secondary N) is 1. The minimum absolute atomic E-state index is 0.0843. The largest absolute Gasteiger partial charge is 0.481 e. The molecule has 0 unspecified atom stereocenters. The van der Waals surface area contributed by atoms with E-state index in [1.54, 1.807) is 6.92 Å². The van der Waals surface area contributed by atoms with Crippen LogP contribution in [0.4, 0.5) is 0 Å². The molecule has 2 aromatic rings. The highest BCUT2D eigenvalue weighted by molar-refractivity contribution is 5.80. The van der Waals surface area contributed by atoms with Crippen molar-refractivity contribution in [1.82, 2.24) is 5.32 Å². The molecule has 3 heteroatoms. The van der Waals surface area contributed by atoms with Crippen LogP contribution in [0.5, 0.6) is 5.75 Å². The number of rotatable bonds is 7. The molecule has 2 atom stereocenters. The molecule has 0 radical (unpaired) electrons. The van der Waals surface area contributed by atoms with Gasteiger partial charge in [-0.05, 0) is 48.4 Å². The molecule has 3 nitrogen and oxygen atoms in total. The first-order chi connectivity index (χ1) is 11.9. The lowest BCUT2D eigenvalue weighted by atomic mass is 10.0. The second kappa shape index (κ2) is 8.70. The molecule has 0 saturated carbocycles. The molecule has 134 valence electrons. The Hall–Kier alpha value is -2.29. The molecular formula is C22H29NO2. The van der Waals surface area contributed by atoms with Gasteiger partial charge in [0.15, 0.2) is 6.10 Å². The Kier molecular flexibility index (Phi) is 6.63. The van der Waals surface area contributed by atoms with Gasteiger partial charge in [-0.15, -0.1) is 0 Å². The van der Waals surface area contributed by atoms with Crippen molar-refractivity contribution in [2.45, 2.75) is 52.6 Å². The summed E-state index contributed by atoms with van der Waals surface area (Å²) in [6, 6.07) is 16.4. The quantitative estimate of drug-likeness (QED) is 0.786. The first-order valence-electron chi connectivity index (χ1n) is 8.98. The van der Waals surface area contributed by atoms with Gasteiger partial charge in [0.25, 0.3) is 5.91 Å². The third-order valence-corrected chi connectivity index (χ3v) is 4.42. The Balaban J connectivity index is 1.96. The Morgan fingerprint density at radius 1 is 1.04 bits per heavy atom. The van der Waals surface area contributed by atoms with Crippen molar-refractivity contribution in [1.29, 1.82) is 0 Å². The van der Waals surface area contributed by atoms with E-state index in [1.807, 2.05) is 31.2 Å². The highest BCUT2D eigenvalue weighted by Crippen LogP contribution is 2.28. The van der Waals surface area contributed by atoms with Crippen molar-refractivity contribution < 1.29 is 9.53 Å². The molecule has 0 aliphatic carbocycles. The van der Waals surface area contributed by atoms with Crippen LogP contribution in [-0.4, -0.2) is 18.6 Å². The maximum absolute atomic E-state index is 12.4. The summed E-state index contributed by atoms with van der Waals surface area (Å²) in [6.45, 7) is 10.8. The van der Waals surface area contributed by atoms with Crippen LogP contribution in [0.15, 0.2) is 48.5 Å². The SMILES string of the molecule is Cc1ccc(C(C)C)c(O[C@@H](C)C(=O)NC[C@@H](C)c2ccccc2)c1. The van der Waals surface area contributed by atoms with E-state index in [9.17, 15) is 4.79 Å². The molecule has 0 bridgehead atoms. The van der Waals surface area contributed by atoms with E-state index >= 15 is 0 Å². The van der Waals surface area contributed by atoms with E-state index in [1.165, 1.54) is 5.56 Å². The third kappa shape index (κ3) is 5.35. The number of carbonyl (C=O) groups is 1. The molecule has 0 fully saturated rings. The average molecular weight is 339 g/mol. The Morgan fingerprint density at radius 3 is 2.36 bits per heavy atom. The highest BCUT2D eigenvalue weighted by Gasteiger charge is 2.18. The smallest absolute Gasteiger partial charge is 0.260 e. The summed E-state index contributed by atoms with van der Waals surface area (Å²) in [5.74, 6) is 1.33. The predicted molar refractivity (Wildman–Crippen MR) is 103 cm³/mol. The molecule has 0 heterocycles. The van der Waals surface area contributed by atoms with E-state index in [0.717, 1.165) is 16.9 Å². The first-order valence-corrected chi connectivity index (χ1v) is 8.98. The molecule has 0 spiro atoms. The standard InChI is InChI=1S/C22H29NO2/c1-15(2)20-12-11-16(3)13-21(20)25-18(5)22(24)23-14-17(4)19-9-7-6-8-10-19/h6-13,15,17-18H,14H2,1-5H3,(H,23,24)/t17-,18+/m1/s1.